The van der Waals surface area contributed by atoms with Crippen molar-refractivity contribution < 1.29 is 30.0 Å². The monoisotopic (exact) mass is 309 g/mol. The number of rotatable bonds is 4. The van der Waals surface area contributed by atoms with Crippen molar-refractivity contribution in [2.75, 3.05) is 6.61 Å². The topological polar surface area (TPSA) is 156 Å². The van der Waals surface area contributed by atoms with Gasteiger partial charge in [-0.2, -0.15) is 0 Å². The molecule has 9 nitrogen and oxygen atoms in total. The van der Waals surface area contributed by atoms with E-state index in [1.54, 1.807) is 18.2 Å². The molecule has 0 amide bonds. The molecule has 0 spiro atoms. The number of carbonyl (C=O) groups is 1. The molecule has 1 heterocycles. The van der Waals surface area contributed by atoms with Gasteiger partial charge in [0.15, 0.2) is 0 Å². The van der Waals surface area contributed by atoms with Crippen molar-refractivity contribution in [2.45, 2.75) is 30.1 Å². The molecule has 1 aliphatic rings. The normalized spacial score (nSPS) is 34.7. The maximum Gasteiger partial charge on any atom is 0.238 e. The van der Waals surface area contributed by atoms with Crippen LogP contribution in [-0.2, 0) is 4.74 Å². The standard InChI is InChI=1S/C13H15N3O6/c14-16-15-13(11(20)7-4-2-1-3-5-7)12(21)10(19)9(18)8(6-17)22-13/h1-5,8-10,12,17-19,21H,6H2/t8-,9-,10+,12-,13-/m1/s1. The number of carbonyl (C=O) groups excluding carboxylic acids is 1. The summed E-state index contributed by atoms with van der Waals surface area (Å²) in [4.78, 5) is 15.1. The molecule has 0 aliphatic carbocycles. The Morgan fingerprint density at radius 3 is 2.45 bits per heavy atom. The molecule has 1 aromatic rings. The highest BCUT2D eigenvalue weighted by atomic mass is 16.6. The molecule has 4 N–H and O–H groups in total. The molecule has 118 valence electrons. The van der Waals surface area contributed by atoms with Crippen LogP contribution in [0.25, 0.3) is 10.4 Å². The van der Waals surface area contributed by atoms with E-state index in [0.29, 0.717) is 0 Å². The Balaban J connectivity index is 2.51. The molecule has 2 rings (SSSR count). The van der Waals surface area contributed by atoms with Gasteiger partial charge in [-0.15, -0.1) is 0 Å². The van der Waals surface area contributed by atoms with E-state index in [4.69, 9.17) is 10.3 Å². The van der Waals surface area contributed by atoms with Gasteiger partial charge in [-0.25, -0.2) is 0 Å². The van der Waals surface area contributed by atoms with E-state index in [2.05, 4.69) is 10.0 Å². The van der Waals surface area contributed by atoms with Crippen molar-refractivity contribution >= 4 is 5.78 Å². The fourth-order valence-corrected chi connectivity index (χ4v) is 2.33. The molecule has 1 saturated heterocycles. The molecule has 0 unspecified atom stereocenters. The molecule has 1 aliphatic heterocycles. The summed E-state index contributed by atoms with van der Waals surface area (Å²) in [5, 5.41) is 42.2. The first-order valence-corrected chi connectivity index (χ1v) is 6.47. The second kappa shape index (κ2) is 6.41. The van der Waals surface area contributed by atoms with Gasteiger partial charge in [0.2, 0.25) is 11.5 Å². The molecule has 22 heavy (non-hydrogen) atoms. The van der Waals surface area contributed by atoms with E-state index in [-0.39, 0.29) is 5.56 Å². The third kappa shape index (κ3) is 2.57. The van der Waals surface area contributed by atoms with Gasteiger partial charge in [0, 0.05) is 10.5 Å². The number of aliphatic hydroxyl groups excluding tert-OH is 4. The van der Waals surface area contributed by atoms with Crippen LogP contribution in [0, 0.1) is 0 Å². The van der Waals surface area contributed by atoms with Gasteiger partial charge in [0.05, 0.1) is 6.61 Å². The minimum absolute atomic E-state index is 0.0780. The molecule has 0 aromatic heterocycles. The molecular formula is C13H15N3O6. The molecule has 9 heteroatoms. The lowest BCUT2D eigenvalue weighted by Gasteiger charge is -2.44. The first-order valence-electron chi connectivity index (χ1n) is 6.47. The smallest absolute Gasteiger partial charge is 0.238 e. The number of aliphatic hydroxyl groups is 4. The second-order valence-electron chi connectivity index (χ2n) is 4.85. The van der Waals surface area contributed by atoms with Crippen LogP contribution in [-0.4, -0.2) is 63.0 Å². The average molecular weight is 309 g/mol. The SMILES string of the molecule is [N-]=[N+]=N[C@]1(C(=O)c2ccccc2)O[C@H](CO)[C@@H](O)[C@H](O)[C@H]1O. The number of ether oxygens (including phenoxy) is 1. The molecule has 1 aromatic carbocycles. The maximum atomic E-state index is 12.6. The Morgan fingerprint density at radius 1 is 1.27 bits per heavy atom. The molecule has 5 atom stereocenters. The van der Waals surface area contributed by atoms with Gasteiger partial charge in [-0.3, -0.25) is 4.79 Å². The highest BCUT2D eigenvalue weighted by Crippen LogP contribution is 2.34. The van der Waals surface area contributed by atoms with E-state index < -0.39 is 42.5 Å². The number of azide groups is 1. The molecule has 0 saturated carbocycles. The fraction of sp³-hybridized carbons (Fsp3) is 0.462. The lowest BCUT2D eigenvalue weighted by molar-refractivity contribution is -0.253. The Labute approximate surface area is 125 Å². The number of hydrogen-bond donors (Lipinski definition) is 4. The van der Waals surface area contributed by atoms with E-state index in [9.17, 15) is 25.2 Å². The highest BCUT2D eigenvalue weighted by molar-refractivity contribution is 6.03. The van der Waals surface area contributed by atoms with Crippen LogP contribution in [0.4, 0.5) is 0 Å². The van der Waals surface area contributed by atoms with Crippen LogP contribution in [0.3, 0.4) is 0 Å². The molecule has 0 radical (unpaired) electrons. The zero-order chi connectivity index (χ0) is 16.3. The summed E-state index contributed by atoms with van der Waals surface area (Å²) in [6.45, 7) is -0.740. The number of hydrogen-bond acceptors (Lipinski definition) is 7. The first kappa shape index (κ1) is 16.4. The van der Waals surface area contributed by atoms with E-state index in [1.807, 2.05) is 0 Å². The van der Waals surface area contributed by atoms with Crippen molar-refractivity contribution in [1.82, 2.24) is 0 Å². The summed E-state index contributed by atoms with van der Waals surface area (Å²) in [5.41, 5.74) is 6.32. The number of ketones is 1. The zero-order valence-electron chi connectivity index (χ0n) is 11.4. The van der Waals surface area contributed by atoms with Gasteiger partial charge in [-0.1, -0.05) is 30.3 Å². The van der Waals surface area contributed by atoms with Gasteiger partial charge in [0.25, 0.3) is 0 Å². The van der Waals surface area contributed by atoms with Crippen molar-refractivity contribution in [3.05, 3.63) is 46.3 Å². The summed E-state index contributed by atoms with van der Waals surface area (Å²) < 4.78 is 5.19. The van der Waals surface area contributed by atoms with E-state index in [1.165, 1.54) is 12.1 Å². The number of benzene rings is 1. The minimum atomic E-state index is -2.47. The van der Waals surface area contributed by atoms with Crippen molar-refractivity contribution in [3.8, 4) is 0 Å². The van der Waals surface area contributed by atoms with Gasteiger partial charge < -0.3 is 25.2 Å². The Morgan fingerprint density at radius 2 is 1.91 bits per heavy atom. The van der Waals surface area contributed by atoms with Crippen LogP contribution in [0.5, 0.6) is 0 Å². The predicted octanol–water partition coefficient (Wildman–Crippen LogP) is -0.650. The summed E-state index contributed by atoms with van der Waals surface area (Å²) in [7, 11) is 0. The van der Waals surface area contributed by atoms with Crippen LogP contribution >= 0.6 is 0 Å². The summed E-state index contributed by atoms with van der Waals surface area (Å²) in [5.74, 6) is -0.886. The largest absolute Gasteiger partial charge is 0.394 e. The molecular weight excluding hydrogens is 294 g/mol. The third-order valence-electron chi connectivity index (χ3n) is 3.52. The van der Waals surface area contributed by atoms with Crippen LogP contribution in [0.1, 0.15) is 10.4 Å². The predicted molar refractivity (Wildman–Crippen MR) is 72.6 cm³/mol. The van der Waals surface area contributed by atoms with Crippen LogP contribution in [0.15, 0.2) is 35.4 Å². The van der Waals surface area contributed by atoms with Crippen molar-refractivity contribution in [3.63, 3.8) is 0 Å². The Kier molecular flexibility index (Phi) is 4.77. The fourth-order valence-electron chi connectivity index (χ4n) is 2.33. The van der Waals surface area contributed by atoms with Crippen molar-refractivity contribution in [1.29, 1.82) is 0 Å². The third-order valence-corrected chi connectivity index (χ3v) is 3.52. The van der Waals surface area contributed by atoms with Crippen LogP contribution < -0.4 is 0 Å². The van der Waals surface area contributed by atoms with E-state index >= 15 is 0 Å². The summed E-state index contributed by atoms with van der Waals surface area (Å²) >= 11 is 0. The zero-order valence-corrected chi connectivity index (χ0v) is 11.4. The minimum Gasteiger partial charge on any atom is -0.394 e. The van der Waals surface area contributed by atoms with Gasteiger partial charge in [0.1, 0.15) is 24.4 Å². The number of Topliss-reactive ketones (excluding diaryl/α,β-unsaturated/α-hetero) is 1. The van der Waals surface area contributed by atoms with Gasteiger partial charge in [-0.05, 0) is 10.6 Å². The average Bonchev–Trinajstić information content (AvgIpc) is 2.55. The maximum absolute atomic E-state index is 12.6. The quantitative estimate of drug-likeness (QED) is 0.250. The second-order valence-corrected chi connectivity index (χ2v) is 4.85. The Bertz CT molecular complexity index is 589. The molecule has 1 fully saturated rings. The van der Waals surface area contributed by atoms with Gasteiger partial charge >= 0.3 is 0 Å². The Hall–Kier alpha value is -2.00. The molecule has 0 bridgehead atoms. The summed E-state index contributed by atoms with van der Waals surface area (Å²) in [6, 6.07) is 7.60. The van der Waals surface area contributed by atoms with Crippen LogP contribution in [0.2, 0.25) is 0 Å². The lowest BCUT2D eigenvalue weighted by Crippen LogP contribution is -2.67. The highest BCUT2D eigenvalue weighted by Gasteiger charge is 2.57. The van der Waals surface area contributed by atoms with Crippen molar-refractivity contribution in [2.24, 2.45) is 5.11 Å². The lowest BCUT2D eigenvalue weighted by atomic mass is 9.86. The first-order chi connectivity index (χ1) is 10.5. The summed E-state index contributed by atoms with van der Waals surface area (Å²) in [6.07, 6.45) is -6.85. The van der Waals surface area contributed by atoms with E-state index in [0.717, 1.165) is 0 Å². The number of nitrogens with zero attached hydrogens (tertiary/aromatic N) is 3.